The maximum absolute atomic E-state index is 11.8. The molecule has 5 nitrogen and oxygen atoms in total. The van der Waals surface area contributed by atoms with Gasteiger partial charge in [-0.2, -0.15) is 0 Å². The summed E-state index contributed by atoms with van der Waals surface area (Å²) in [5, 5.41) is 0. The van der Waals surface area contributed by atoms with Gasteiger partial charge in [0.2, 0.25) is 0 Å². The fourth-order valence-electron chi connectivity index (χ4n) is 2.09. The normalized spacial score (nSPS) is 13.2. The number of nitrogen functional groups attached to an aromatic ring is 1. The van der Waals surface area contributed by atoms with Crippen LogP contribution in [-0.2, 0) is 6.54 Å². The Balaban J connectivity index is 1.98. The predicted octanol–water partition coefficient (Wildman–Crippen LogP) is 2.01. The van der Waals surface area contributed by atoms with Gasteiger partial charge in [0.1, 0.15) is 13.2 Å². The summed E-state index contributed by atoms with van der Waals surface area (Å²) in [4.78, 5) is 11.8. The summed E-state index contributed by atoms with van der Waals surface area (Å²) in [6.45, 7) is 1.44. The molecule has 1 aliphatic heterocycles. The minimum Gasteiger partial charge on any atom is -0.486 e. The van der Waals surface area contributed by atoms with E-state index in [0.717, 1.165) is 10.0 Å². The number of rotatable bonds is 2. The summed E-state index contributed by atoms with van der Waals surface area (Å²) in [7, 11) is 0. The van der Waals surface area contributed by atoms with E-state index in [0.29, 0.717) is 36.9 Å². The first kappa shape index (κ1) is 13.1. The van der Waals surface area contributed by atoms with E-state index in [1.807, 2.05) is 6.07 Å². The largest absolute Gasteiger partial charge is 0.486 e. The van der Waals surface area contributed by atoms with Crippen molar-refractivity contribution in [1.82, 2.24) is 4.57 Å². The van der Waals surface area contributed by atoms with Gasteiger partial charge in [0, 0.05) is 28.5 Å². The minimum absolute atomic E-state index is 0.0810. The molecule has 0 atom stereocenters. The maximum Gasteiger partial charge on any atom is 0.250 e. The maximum atomic E-state index is 11.8. The second-order valence-electron chi connectivity index (χ2n) is 4.51. The van der Waals surface area contributed by atoms with Gasteiger partial charge in [-0.15, -0.1) is 0 Å². The molecule has 0 spiro atoms. The van der Waals surface area contributed by atoms with Gasteiger partial charge in [-0.3, -0.25) is 4.79 Å². The van der Waals surface area contributed by atoms with Crippen molar-refractivity contribution in [2.45, 2.75) is 6.54 Å². The van der Waals surface area contributed by atoms with Crippen molar-refractivity contribution in [1.29, 1.82) is 0 Å². The van der Waals surface area contributed by atoms with Gasteiger partial charge in [-0.05, 0) is 33.6 Å². The Morgan fingerprint density at radius 1 is 1.20 bits per heavy atom. The number of pyridine rings is 1. The molecule has 1 aromatic heterocycles. The van der Waals surface area contributed by atoms with Crippen LogP contribution in [0.5, 0.6) is 11.5 Å². The van der Waals surface area contributed by atoms with E-state index in [1.165, 1.54) is 6.07 Å². The number of hydrogen-bond acceptors (Lipinski definition) is 4. The standard InChI is InChI=1S/C14H13BrN2O3/c15-10-1-2-14(18)17(8-10)7-9-5-12-13(6-11(9)16)20-4-3-19-12/h1-2,5-6,8H,3-4,7,16H2. The molecule has 3 rings (SSSR count). The van der Waals surface area contributed by atoms with Crippen LogP contribution in [0.4, 0.5) is 5.69 Å². The highest BCUT2D eigenvalue weighted by molar-refractivity contribution is 9.10. The third-order valence-corrected chi connectivity index (χ3v) is 3.56. The number of benzene rings is 1. The van der Waals surface area contributed by atoms with Crippen molar-refractivity contribution in [2.75, 3.05) is 18.9 Å². The van der Waals surface area contributed by atoms with Crippen LogP contribution in [-0.4, -0.2) is 17.8 Å². The summed E-state index contributed by atoms with van der Waals surface area (Å²) in [5.74, 6) is 1.32. The number of anilines is 1. The third-order valence-electron chi connectivity index (χ3n) is 3.09. The summed E-state index contributed by atoms with van der Waals surface area (Å²) in [6, 6.07) is 6.80. The fraction of sp³-hybridized carbons (Fsp3) is 0.214. The van der Waals surface area contributed by atoms with Crippen LogP contribution in [0, 0.1) is 0 Å². The van der Waals surface area contributed by atoms with Crippen LogP contribution < -0.4 is 20.8 Å². The minimum atomic E-state index is -0.0810. The average molecular weight is 337 g/mol. The van der Waals surface area contributed by atoms with Crippen molar-refractivity contribution in [2.24, 2.45) is 0 Å². The molecule has 0 radical (unpaired) electrons. The van der Waals surface area contributed by atoms with E-state index in [4.69, 9.17) is 15.2 Å². The van der Waals surface area contributed by atoms with Crippen LogP contribution >= 0.6 is 15.9 Å². The molecule has 1 aliphatic rings. The molecule has 104 valence electrons. The molecule has 20 heavy (non-hydrogen) atoms. The summed E-state index contributed by atoms with van der Waals surface area (Å²) in [6.07, 6.45) is 1.73. The van der Waals surface area contributed by atoms with Crippen LogP contribution in [0.2, 0.25) is 0 Å². The van der Waals surface area contributed by atoms with E-state index in [2.05, 4.69) is 15.9 Å². The Morgan fingerprint density at radius 3 is 2.65 bits per heavy atom. The molecule has 0 saturated carbocycles. The van der Waals surface area contributed by atoms with Crippen molar-refractivity contribution in [3.05, 3.63) is 50.9 Å². The second kappa shape index (κ2) is 5.20. The number of aromatic nitrogens is 1. The zero-order chi connectivity index (χ0) is 14.1. The zero-order valence-corrected chi connectivity index (χ0v) is 12.2. The molecular weight excluding hydrogens is 324 g/mol. The number of ether oxygens (including phenoxy) is 2. The zero-order valence-electron chi connectivity index (χ0n) is 10.6. The Labute approximate surface area is 124 Å². The van der Waals surface area contributed by atoms with Crippen LogP contribution in [0.3, 0.4) is 0 Å². The van der Waals surface area contributed by atoms with Gasteiger partial charge < -0.3 is 19.8 Å². The van der Waals surface area contributed by atoms with Crippen LogP contribution in [0.25, 0.3) is 0 Å². The molecule has 0 amide bonds. The number of nitrogens with two attached hydrogens (primary N) is 1. The lowest BCUT2D eigenvalue weighted by atomic mass is 10.1. The lowest BCUT2D eigenvalue weighted by molar-refractivity contribution is 0.171. The molecule has 2 N–H and O–H groups in total. The van der Waals surface area contributed by atoms with Crippen molar-refractivity contribution < 1.29 is 9.47 Å². The van der Waals surface area contributed by atoms with E-state index in [1.54, 1.807) is 22.9 Å². The summed E-state index contributed by atoms with van der Waals surface area (Å²) < 4.78 is 13.4. The van der Waals surface area contributed by atoms with Gasteiger partial charge in [0.05, 0.1) is 6.54 Å². The van der Waals surface area contributed by atoms with Crippen molar-refractivity contribution >= 4 is 21.6 Å². The molecular formula is C14H13BrN2O3. The smallest absolute Gasteiger partial charge is 0.250 e. The van der Waals surface area contributed by atoms with E-state index >= 15 is 0 Å². The third kappa shape index (κ3) is 2.51. The van der Waals surface area contributed by atoms with Gasteiger partial charge in [-0.1, -0.05) is 0 Å². The van der Waals surface area contributed by atoms with E-state index < -0.39 is 0 Å². The fourth-order valence-corrected chi connectivity index (χ4v) is 2.47. The summed E-state index contributed by atoms with van der Waals surface area (Å²) >= 11 is 3.35. The second-order valence-corrected chi connectivity index (χ2v) is 5.42. The highest BCUT2D eigenvalue weighted by Gasteiger charge is 2.15. The molecule has 2 aromatic rings. The first-order chi connectivity index (χ1) is 9.63. The highest BCUT2D eigenvalue weighted by atomic mass is 79.9. The molecule has 0 bridgehead atoms. The van der Waals surface area contributed by atoms with E-state index in [-0.39, 0.29) is 5.56 Å². The number of hydrogen-bond donors (Lipinski definition) is 1. The Morgan fingerprint density at radius 2 is 1.90 bits per heavy atom. The Bertz CT molecular complexity index is 712. The SMILES string of the molecule is Nc1cc2c(cc1Cn1cc(Br)ccc1=O)OCCO2. The quantitative estimate of drug-likeness (QED) is 0.852. The molecule has 0 fully saturated rings. The lowest BCUT2D eigenvalue weighted by Gasteiger charge is -2.20. The van der Waals surface area contributed by atoms with Crippen LogP contribution in [0.15, 0.2) is 39.7 Å². The molecule has 0 aliphatic carbocycles. The number of halogens is 1. The van der Waals surface area contributed by atoms with Gasteiger partial charge in [-0.25, -0.2) is 0 Å². The van der Waals surface area contributed by atoms with Gasteiger partial charge >= 0.3 is 0 Å². The Kier molecular flexibility index (Phi) is 3.40. The summed E-state index contributed by atoms with van der Waals surface area (Å²) in [5.41, 5.74) is 7.35. The molecule has 1 aromatic carbocycles. The molecule has 0 unspecified atom stereocenters. The van der Waals surface area contributed by atoms with Gasteiger partial charge in [0.15, 0.2) is 11.5 Å². The van der Waals surface area contributed by atoms with E-state index in [9.17, 15) is 4.79 Å². The first-order valence-electron chi connectivity index (χ1n) is 6.17. The molecule has 6 heteroatoms. The monoisotopic (exact) mass is 336 g/mol. The molecule has 0 saturated heterocycles. The lowest BCUT2D eigenvalue weighted by Crippen LogP contribution is -2.20. The average Bonchev–Trinajstić information content (AvgIpc) is 2.43. The number of fused-ring (bicyclic) bond motifs is 1. The molecule has 2 heterocycles. The van der Waals surface area contributed by atoms with Gasteiger partial charge in [0.25, 0.3) is 5.56 Å². The predicted molar refractivity (Wildman–Crippen MR) is 79.3 cm³/mol. The highest BCUT2D eigenvalue weighted by Crippen LogP contribution is 2.34. The Hall–Kier alpha value is -1.95. The number of nitrogens with zero attached hydrogens (tertiary/aromatic N) is 1. The van der Waals surface area contributed by atoms with Crippen molar-refractivity contribution in [3.63, 3.8) is 0 Å². The van der Waals surface area contributed by atoms with Crippen LogP contribution in [0.1, 0.15) is 5.56 Å². The van der Waals surface area contributed by atoms with Crippen molar-refractivity contribution in [3.8, 4) is 11.5 Å². The first-order valence-corrected chi connectivity index (χ1v) is 6.97. The topological polar surface area (TPSA) is 66.5 Å².